The van der Waals surface area contributed by atoms with E-state index in [4.69, 9.17) is 4.74 Å². The number of epoxide rings is 1. The Kier molecular flexibility index (Phi) is 13.7. The van der Waals surface area contributed by atoms with Gasteiger partial charge in [0.15, 0.2) is 0 Å². The van der Waals surface area contributed by atoms with Gasteiger partial charge in [-0.25, -0.2) is 0 Å². The van der Waals surface area contributed by atoms with E-state index in [0.717, 1.165) is 4.48 Å². The van der Waals surface area contributed by atoms with Gasteiger partial charge in [0, 0.05) is 0 Å². The predicted octanol–water partition coefficient (Wildman–Crippen LogP) is 7.46. The summed E-state index contributed by atoms with van der Waals surface area (Å²) in [6.07, 6.45) is 25.1. The highest BCUT2D eigenvalue weighted by Crippen LogP contribution is 2.33. The molecule has 2 unspecified atom stereocenters. The van der Waals surface area contributed by atoms with Crippen molar-refractivity contribution in [1.29, 1.82) is 0 Å². The zero-order valence-electron chi connectivity index (χ0n) is 18.7. The molecule has 1 rings (SSSR count). The second-order valence-corrected chi connectivity index (χ2v) is 9.31. The van der Waals surface area contributed by atoms with Gasteiger partial charge in [-0.2, -0.15) is 0 Å². The molecular formula is C24H50NO+. The number of likely N-dealkylation sites (N-methyl/N-ethyl adjacent to an activating group) is 1. The summed E-state index contributed by atoms with van der Waals surface area (Å²) in [5.41, 5.74) is 0. The lowest BCUT2D eigenvalue weighted by Gasteiger charge is -2.28. The van der Waals surface area contributed by atoms with Crippen LogP contribution in [0, 0.1) is 0 Å². The van der Waals surface area contributed by atoms with E-state index >= 15 is 0 Å². The first-order chi connectivity index (χ1) is 12.6. The quantitative estimate of drug-likeness (QED) is 0.131. The lowest BCUT2D eigenvalue weighted by atomic mass is 10.0. The Labute approximate surface area is 165 Å². The number of hydrogen-bond donors (Lipinski definition) is 0. The maximum absolute atomic E-state index is 5.93. The van der Waals surface area contributed by atoms with Crippen molar-refractivity contribution in [3.63, 3.8) is 0 Å². The Hall–Kier alpha value is -0.0800. The fourth-order valence-electron chi connectivity index (χ4n) is 4.21. The Balaban J connectivity index is 1.82. The molecule has 0 aromatic heterocycles. The minimum absolute atomic E-state index is 0.489. The summed E-state index contributed by atoms with van der Waals surface area (Å²) in [4.78, 5) is 0. The smallest absolute Gasteiger partial charge is 0.220 e. The van der Waals surface area contributed by atoms with Gasteiger partial charge in [-0.15, -0.1) is 0 Å². The Morgan fingerprint density at radius 3 is 1.46 bits per heavy atom. The zero-order valence-corrected chi connectivity index (χ0v) is 18.7. The van der Waals surface area contributed by atoms with E-state index in [1.165, 1.54) is 116 Å². The molecule has 1 saturated heterocycles. The molecule has 0 spiro atoms. The van der Waals surface area contributed by atoms with Crippen LogP contribution in [0.4, 0.5) is 0 Å². The molecule has 2 heteroatoms. The summed E-state index contributed by atoms with van der Waals surface area (Å²) in [7, 11) is 4.72. The Morgan fingerprint density at radius 2 is 1.00 bits per heavy atom. The number of nitrogens with zero attached hydrogens (tertiary/aromatic N) is 1. The van der Waals surface area contributed by atoms with Crippen molar-refractivity contribution in [3.8, 4) is 0 Å². The van der Waals surface area contributed by atoms with E-state index in [-0.39, 0.29) is 0 Å². The van der Waals surface area contributed by atoms with Crippen LogP contribution in [0.15, 0.2) is 0 Å². The molecule has 0 amide bonds. The third-order valence-electron chi connectivity index (χ3n) is 6.17. The summed E-state index contributed by atoms with van der Waals surface area (Å²) in [5.74, 6) is 0. The van der Waals surface area contributed by atoms with Gasteiger partial charge in [0.1, 0.15) is 6.10 Å². The normalized spacial score (nSPS) is 19.8. The van der Waals surface area contributed by atoms with Gasteiger partial charge in [-0.05, 0) is 19.3 Å². The summed E-state index contributed by atoms with van der Waals surface area (Å²) >= 11 is 0. The topological polar surface area (TPSA) is 12.5 Å². The number of quaternary nitrogens is 1. The van der Waals surface area contributed by atoms with Gasteiger partial charge in [0.2, 0.25) is 6.23 Å². The monoisotopic (exact) mass is 368 g/mol. The molecule has 0 aromatic rings. The zero-order chi connectivity index (χ0) is 19.1. The molecule has 0 aliphatic carbocycles. The molecule has 0 N–H and O–H groups in total. The van der Waals surface area contributed by atoms with Crippen molar-refractivity contribution >= 4 is 0 Å². The fourth-order valence-corrected chi connectivity index (χ4v) is 4.21. The van der Waals surface area contributed by atoms with E-state index in [2.05, 4.69) is 27.9 Å². The number of unbranched alkanes of at least 4 members (excludes halogenated alkanes) is 14. The summed E-state index contributed by atoms with van der Waals surface area (Å²) in [6.45, 7) is 5.85. The van der Waals surface area contributed by atoms with Crippen LogP contribution in [-0.4, -0.2) is 37.5 Å². The van der Waals surface area contributed by atoms with Gasteiger partial charge in [0.25, 0.3) is 0 Å². The molecule has 1 aliphatic rings. The molecule has 26 heavy (non-hydrogen) atoms. The molecule has 0 radical (unpaired) electrons. The number of hydrogen-bond acceptors (Lipinski definition) is 1. The first-order valence-electron chi connectivity index (χ1n) is 12.1. The maximum Gasteiger partial charge on any atom is 0.220 e. The highest BCUT2D eigenvalue weighted by molar-refractivity contribution is 4.77. The summed E-state index contributed by atoms with van der Waals surface area (Å²) in [6, 6.07) is 0. The first kappa shape index (κ1) is 24.0. The van der Waals surface area contributed by atoms with Gasteiger partial charge < -0.3 is 9.22 Å². The number of ether oxygens (including phenoxy) is 1. The van der Waals surface area contributed by atoms with E-state index in [0.29, 0.717) is 12.3 Å². The fraction of sp³-hybridized carbons (Fsp3) is 1.00. The van der Waals surface area contributed by atoms with Crippen LogP contribution >= 0.6 is 0 Å². The lowest BCUT2D eigenvalue weighted by Crippen LogP contribution is -2.44. The molecule has 1 fully saturated rings. The predicted molar refractivity (Wildman–Crippen MR) is 115 cm³/mol. The van der Waals surface area contributed by atoms with Crippen LogP contribution in [0.3, 0.4) is 0 Å². The van der Waals surface area contributed by atoms with Gasteiger partial charge in [-0.3, -0.25) is 0 Å². The Morgan fingerprint density at radius 1 is 0.577 bits per heavy atom. The van der Waals surface area contributed by atoms with Crippen LogP contribution in [0.1, 0.15) is 123 Å². The van der Waals surface area contributed by atoms with Crippen molar-refractivity contribution in [2.75, 3.05) is 20.6 Å². The van der Waals surface area contributed by atoms with Crippen LogP contribution in [0.25, 0.3) is 0 Å². The summed E-state index contributed by atoms with van der Waals surface area (Å²) in [5, 5.41) is 0. The van der Waals surface area contributed by atoms with Crippen molar-refractivity contribution in [3.05, 3.63) is 0 Å². The average molecular weight is 369 g/mol. The van der Waals surface area contributed by atoms with Crippen LogP contribution in [-0.2, 0) is 4.74 Å². The second kappa shape index (κ2) is 14.9. The minimum Gasteiger partial charge on any atom is -0.314 e. The first-order valence-corrected chi connectivity index (χ1v) is 12.1. The van der Waals surface area contributed by atoms with Crippen molar-refractivity contribution < 1.29 is 9.22 Å². The molecule has 2 atom stereocenters. The molecule has 156 valence electrons. The van der Waals surface area contributed by atoms with E-state index in [1.807, 2.05) is 0 Å². The van der Waals surface area contributed by atoms with Gasteiger partial charge >= 0.3 is 0 Å². The lowest BCUT2D eigenvalue weighted by molar-refractivity contribution is -0.911. The van der Waals surface area contributed by atoms with E-state index < -0.39 is 0 Å². The summed E-state index contributed by atoms with van der Waals surface area (Å²) < 4.78 is 7.00. The van der Waals surface area contributed by atoms with Crippen molar-refractivity contribution in [2.45, 2.75) is 135 Å². The standard InChI is InChI=1S/C24H50NO/c1-5-7-9-10-11-12-13-14-15-16-17-18-19-20-22-25(3,4)24-23(26-24)21-8-6-2/h23-24H,5-22H2,1-4H3/q+1. The highest BCUT2D eigenvalue weighted by atomic mass is 16.6. The molecule has 0 bridgehead atoms. The van der Waals surface area contributed by atoms with Gasteiger partial charge in [0.05, 0.1) is 20.6 Å². The SMILES string of the molecule is CCCCCCCCCCCCCCCC[N+](C)(C)C1OC1CCCC. The van der Waals surface area contributed by atoms with Crippen molar-refractivity contribution in [2.24, 2.45) is 0 Å². The highest BCUT2D eigenvalue weighted by Gasteiger charge is 2.50. The molecular weight excluding hydrogens is 318 g/mol. The van der Waals surface area contributed by atoms with Crippen LogP contribution in [0.5, 0.6) is 0 Å². The molecule has 1 aliphatic heterocycles. The molecule has 2 nitrogen and oxygen atoms in total. The minimum atomic E-state index is 0.489. The third kappa shape index (κ3) is 11.6. The molecule has 0 aromatic carbocycles. The van der Waals surface area contributed by atoms with E-state index in [1.54, 1.807) is 0 Å². The average Bonchev–Trinajstić information content (AvgIpc) is 3.41. The van der Waals surface area contributed by atoms with E-state index in [9.17, 15) is 0 Å². The van der Waals surface area contributed by atoms with Crippen LogP contribution in [0.2, 0.25) is 0 Å². The Bertz CT molecular complexity index is 315. The third-order valence-corrected chi connectivity index (χ3v) is 6.17. The van der Waals surface area contributed by atoms with Crippen molar-refractivity contribution in [1.82, 2.24) is 0 Å². The largest absolute Gasteiger partial charge is 0.314 e. The number of rotatable bonds is 19. The molecule has 1 heterocycles. The van der Waals surface area contributed by atoms with Gasteiger partial charge in [-0.1, -0.05) is 104 Å². The van der Waals surface area contributed by atoms with Crippen LogP contribution < -0.4 is 0 Å². The molecule has 0 saturated carbocycles. The maximum atomic E-state index is 5.93. The second-order valence-electron chi connectivity index (χ2n) is 9.31.